The van der Waals surface area contributed by atoms with Crippen molar-refractivity contribution in [2.24, 2.45) is 5.92 Å². The maximum Gasteiger partial charge on any atom is 0.313 e. The number of carbonyl (C=O) groups excluding carboxylic acids is 3. The minimum atomic E-state index is -0.725. The smallest absolute Gasteiger partial charge is 0.313 e. The molecular formula is C23H25N5O3S. The number of amides is 3. The molecule has 2 aromatic carbocycles. The molecule has 0 spiro atoms. The predicted molar refractivity (Wildman–Crippen MR) is 127 cm³/mol. The lowest BCUT2D eigenvalue weighted by molar-refractivity contribution is -0.136. The summed E-state index contributed by atoms with van der Waals surface area (Å²) < 4.78 is 1.19. The van der Waals surface area contributed by atoms with Gasteiger partial charge in [-0.2, -0.15) is 0 Å². The number of nitrogens with zero attached hydrogens (tertiary/aromatic N) is 2. The Morgan fingerprint density at radius 1 is 1.00 bits per heavy atom. The van der Waals surface area contributed by atoms with Crippen LogP contribution in [-0.2, 0) is 14.4 Å². The highest BCUT2D eigenvalue weighted by molar-refractivity contribution is 7.22. The summed E-state index contributed by atoms with van der Waals surface area (Å²) >= 11 is 1.70. The zero-order valence-electron chi connectivity index (χ0n) is 17.8. The van der Waals surface area contributed by atoms with Gasteiger partial charge in [0.05, 0.1) is 10.2 Å². The van der Waals surface area contributed by atoms with Crippen molar-refractivity contribution in [1.82, 2.24) is 10.3 Å². The van der Waals surface area contributed by atoms with E-state index in [-0.39, 0.29) is 5.91 Å². The number of carbonyl (C=O) groups is 3. The van der Waals surface area contributed by atoms with E-state index in [0.29, 0.717) is 23.8 Å². The lowest BCUT2D eigenvalue weighted by Gasteiger charge is -2.31. The van der Waals surface area contributed by atoms with Crippen LogP contribution in [-0.4, -0.2) is 42.3 Å². The Labute approximate surface area is 190 Å². The molecule has 4 rings (SSSR count). The first kappa shape index (κ1) is 21.8. The van der Waals surface area contributed by atoms with Crippen LogP contribution in [0.3, 0.4) is 0 Å². The van der Waals surface area contributed by atoms with E-state index in [0.717, 1.165) is 36.6 Å². The topological polar surface area (TPSA) is 103 Å². The first-order valence-corrected chi connectivity index (χ1v) is 11.4. The van der Waals surface area contributed by atoms with Gasteiger partial charge < -0.3 is 20.9 Å². The Hall–Kier alpha value is -3.46. The maximum absolute atomic E-state index is 12.2. The van der Waals surface area contributed by atoms with E-state index in [2.05, 4.69) is 26.9 Å². The normalized spacial score (nSPS) is 14.2. The molecule has 1 aliphatic heterocycles. The van der Waals surface area contributed by atoms with Crippen LogP contribution in [0.4, 0.5) is 16.5 Å². The molecule has 9 heteroatoms. The second kappa shape index (κ2) is 9.78. The summed E-state index contributed by atoms with van der Waals surface area (Å²) in [4.78, 5) is 42.6. The van der Waals surface area contributed by atoms with Gasteiger partial charge in [0.2, 0.25) is 5.91 Å². The van der Waals surface area contributed by atoms with E-state index < -0.39 is 11.8 Å². The van der Waals surface area contributed by atoms with Gasteiger partial charge in [-0.3, -0.25) is 14.4 Å². The van der Waals surface area contributed by atoms with Crippen LogP contribution in [0, 0.1) is 5.92 Å². The Morgan fingerprint density at radius 3 is 2.44 bits per heavy atom. The number of hydrogen-bond donors (Lipinski definition) is 3. The summed E-state index contributed by atoms with van der Waals surface area (Å²) in [6, 6.07) is 14.8. The molecule has 3 N–H and O–H groups in total. The second-order valence-electron chi connectivity index (χ2n) is 7.82. The number of aromatic nitrogens is 1. The number of rotatable bonds is 5. The third kappa shape index (κ3) is 5.42. The number of thiazole rings is 1. The molecule has 8 nitrogen and oxygen atoms in total. The number of nitrogens with one attached hydrogen (secondary N) is 3. The summed E-state index contributed by atoms with van der Waals surface area (Å²) in [6.07, 6.45) is 1.85. The molecular weight excluding hydrogens is 426 g/mol. The van der Waals surface area contributed by atoms with Crippen molar-refractivity contribution in [3.05, 3.63) is 48.5 Å². The number of piperidine rings is 1. The zero-order valence-corrected chi connectivity index (χ0v) is 18.6. The number of anilines is 3. The van der Waals surface area contributed by atoms with E-state index in [9.17, 15) is 14.4 Å². The van der Waals surface area contributed by atoms with Crippen LogP contribution in [0.1, 0.15) is 19.8 Å². The van der Waals surface area contributed by atoms with E-state index in [4.69, 9.17) is 4.98 Å². The summed E-state index contributed by atoms with van der Waals surface area (Å²) in [6.45, 7) is 3.62. The van der Waals surface area contributed by atoms with E-state index in [1.54, 1.807) is 35.6 Å². The summed E-state index contributed by atoms with van der Waals surface area (Å²) in [5.41, 5.74) is 2.02. The van der Waals surface area contributed by atoms with Gasteiger partial charge in [-0.25, -0.2) is 4.98 Å². The average molecular weight is 452 g/mol. The van der Waals surface area contributed by atoms with Gasteiger partial charge in [-0.05, 0) is 49.1 Å². The standard InChI is InChI=1S/C23H25N5O3S/c1-15(29)25-17-5-4-6-18(13-17)26-22(31)21(30)24-14-16-9-11-28(12-10-16)23-27-19-7-2-3-8-20(19)32-23/h2-8,13,16H,9-12,14H2,1H3,(H,24,30)(H,25,29)(H,26,31). The van der Waals surface area contributed by atoms with Crippen LogP contribution in [0.15, 0.2) is 48.5 Å². The molecule has 1 saturated heterocycles. The largest absolute Gasteiger partial charge is 0.348 e. The quantitative estimate of drug-likeness (QED) is 0.517. The van der Waals surface area contributed by atoms with Gasteiger partial charge in [0.1, 0.15) is 0 Å². The predicted octanol–water partition coefficient (Wildman–Crippen LogP) is 3.23. The first-order valence-electron chi connectivity index (χ1n) is 10.6. The average Bonchev–Trinajstić information content (AvgIpc) is 3.22. The number of para-hydroxylation sites is 1. The molecule has 2 heterocycles. The highest BCUT2D eigenvalue weighted by atomic mass is 32.1. The van der Waals surface area contributed by atoms with Crippen LogP contribution in [0.5, 0.6) is 0 Å². The van der Waals surface area contributed by atoms with Gasteiger partial charge >= 0.3 is 11.8 Å². The molecule has 1 aromatic heterocycles. The summed E-state index contributed by atoms with van der Waals surface area (Å²) in [5.74, 6) is -1.28. The molecule has 3 aromatic rings. The fourth-order valence-corrected chi connectivity index (χ4v) is 4.72. The lowest BCUT2D eigenvalue weighted by atomic mass is 9.97. The van der Waals surface area contributed by atoms with Crippen LogP contribution >= 0.6 is 11.3 Å². The molecule has 0 radical (unpaired) electrons. The monoisotopic (exact) mass is 451 g/mol. The van der Waals surface area contributed by atoms with E-state index in [1.807, 2.05) is 18.2 Å². The molecule has 0 saturated carbocycles. The van der Waals surface area contributed by atoms with Crippen molar-refractivity contribution in [2.45, 2.75) is 19.8 Å². The van der Waals surface area contributed by atoms with E-state index in [1.165, 1.54) is 11.6 Å². The summed E-state index contributed by atoms with van der Waals surface area (Å²) in [5, 5.41) is 8.99. The zero-order chi connectivity index (χ0) is 22.5. The van der Waals surface area contributed by atoms with E-state index >= 15 is 0 Å². The second-order valence-corrected chi connectivity index (χ2v) is 8.83. The molecule has 1 aliphatic rings. The third-order valence-electron chi connectivity index (χ3n) is 5.37. The number of fused-ring (bicyclic) bond motifs is 1. The van der Waals surface area contributed by atoms with Crippen molar-refractivity contribution in [2.75, 3.05) is 35.2 Å². The maximum atomic E-state index is 12.2. The molecule has 0 unspecified atom stereocenters. The molecule has 0 bridgehead atoms. The molecule has 166 valence electrons. The number of benzene rings is 2. The van der Waals surface area contributed by atoms with Gasteiger partial charge in [-0.1, -0.05) is 29.5 Å². The molecule has 0 aliphatic carbocycles. The fraction of sp³-hybridized carbons (Fsp3) is 0.304. The van der Waals surface area contributed by atoms with Crippen LogP contribution < -0.4 is 20.9 Å². The van der Waals surface area contributed by atoms with Crippen LogP contribution in [0.2, 0.25) is 0 Å². The van der Waals surface area contributed by atoms with Gasteiger partial charge in [0.15, 0.2) is 5.13 Å². The van der Waals surface area contributed by atoms with Gasteiger partial charge in [-0.15, -0.1) is 0 Å². The lowest BCUT2D eigenvalue weighted by Crippen LogP contribution is -2.41. The molecule has 1 fully saturated rings. The van der Waals surface area contributed by atoms with Crippen molar-refractivity contribution in [3.63, 3.8) is 0 Å². The summed E-state index contributed by atoms with van der Waals surface area (Å²) in [7, 11) is 0. The van der Waals surface area contributed by atoms with Gasteiger partial charge in [0, 0.05) is 37.9 Å². The minimum absolute atomic E-state index is 0.208. The van der Waals surface area contributed by atoms with Crippen LogP contribution in [0.25, 0.3) is 10.2 Å². The van der Waals surface area contributed by atoms with Gasteiger partial charge in [0.25, 0.3) is 0 Å². The van der Waals surface area contributed by atoms with Crippen molar-refractivity contribution < 1.29 is 14.4 Å². The number of hydrogen-bond acceptors (Lipinski definition) is 6. The Morgan fingerprint density at radius 2 is 1.72 bits per heavy atom. The fourth-order valence-electron chi connectivity index (χ4n) is 3.71. The molecule has 0 atom stereocenters. The highest BCUT2D eigenvalue weighted by Crippen LogP contribution is 2.31. The first-order chi connectivity index (χ1) is 15.5. The molecule has 32 heavy (non-hydrogen) atoms. The molecule has 3 amide bonds. The van der Waals surface area contributed by atoms with Crippen molar-refractivity contribution in [1.29, 1.82) is 0 Å². The SMILES string of the molecule is CC(=O)Nc1cccc(NC(=O)C(=O)NCC2CCN(c3nc4ccccc4s3)CC2)c1. The highest BCUT2D eigenvalue weighted by Gasteiger charge is 2.23. The Bertz CT molecular complexity index is 1100. The van der Waals surface area contributed by atoms with Crippen molar-refractivity contribution in [3.8, 4) is 0 Å². The van der Waals surface area contributed by atoms with Crippen molar-refractivity contribution >= 4 is 55.8 Å². The Kier molecular flexibility index (Phi) is 6.65. The minimum Gasteiger partial charge on any atom is -0.348 e. The Balaban J connectivity index is 1.23. The third-order valence-corrected chi connectivity index (χ3v) is 6.46.